The lowest BCUT2D eigenvalue weighted by Gasteiger charge is -2.41. The van der Waals surface area contributed by atoms with Crippen molar-refractivity contribution in [2.75, 3.05) is 31.6 Å². The van der Waals surface area contributed by atoms with E-state index >= 15 is 0 Å². The predicted octanol–water partition coefficient (Wildman–Crippen LogP) is 2.49. The summed E-state index contributed by atoms with van der Waals surface area (Å²) in [5.74, 6) is 1.45. The highest BCUT2D eigenvalue weighted by molar-refractivity contribution is 7.09. The van der Waals surface area contributed by atoms with E-state index in [2.05, 4.69) is 44.4 Å². The van der Waals surface area contributed by atoms with Gasteiger partial charge in [0.2, 0.25) is 5.13 Å². The fourth-order valence-electron chi connectivity index (χ4n) is 3.64. The Labute approximate surface area is 142 Å². The first kappa shape index (κ1) is 16.4. The molecule has 7 heteroatoms. The van der Waals surface area contributed by atoms with Crippen molar-refractivity contribution in [3.63, 3.8) is 0 Å². The molecule has 2 aromatic heterocycles. The van der Waals surface area contributed by atoms with Crippen LogP contribution in [0.4, 0.5) is 5.13 Å². The molecule has 23 heavy (non-hydrogen) atoms. The third-order valence-corrected chi connectivity index (χ3v) is 5.61. The van der Waals surface area contributed by atoms with E-state index in [1.165, 1.54) is 36.5 Å². The molecule has 2 aromatic rings. The average Bonchev–Trinajstić information content (AvgIpc) is 3.15. The smallest absolute Gasteiger partial charge is 0.204 e. The molecule has 0 unspecified atom stereocenters. The van der Waals surface area contributed by atoms with E-state index in [1.807, 2.05) is 24.9 Å². The van der Waals surface area contributed by atoms with Crippen molar-refractivity contribution in [1.29, 1.82) is 0 Å². The van der Waals surface area contributed by atoms with Crippen LogP contribution in [0.1, 0.15) is 37.2 Å². The van der Waals surface area contributed by atoms with Gasteiger partial charge in [0.15, 0.2) is 0 Å². The van der Waals surface area contributed by atoms with Gasteiger partial charge >= 0.3 is 0 Å². The van der Waals surface area contributed by atoms with Crippen molar-refractivity contribution >= 4 is 16.7 Å². The van der Waals surface area contributed by atoms with E-state index in [9.17, 15) is 0 Å². The molecular formula is C16H26N6S. The normalized spacial score (nSPS) is 22.4. The van der Waals surface area contributed by atoms with Gasteiger partial charge in [0.1, 0.15) is 5.82 Å². The number of anilines is 1. The molecular weight excluding hydrogens is 308 g/mol. The molecule has 0 aliphatic carbocycles. The van der Waals surface area contributed by atoms with Crippen LogP contribution in [0.2, 0.25) is 0 Å². The number of hydrogen-bond donors (Lipinski definition) is 0. The molecule has 0 radical (unpaired) electrons. The number of likely N-dealkylation sites (tertiary alicyclic amines) is 1. The monoisotopic (exact) mass is 334 g/mol. The molecule has 2 atom stereocenters. The van der Waals surface area contributed by atoms with Gasteiger partial charge in [0.25, 0.3) is 0 Å². The average molecular weight is 334 g/mol. The Morgan fingerprint density at radius 1 is 1.43 bits per heavy atom. The minimum atomic E-state index is 0.443. The Morgan fingerprint density at radius 2 is 2.26 bits per heavy atom. The van der Waals surface area contributed by atoms with Crippen LogP contribution in [-0.4, -0.2) is 50.7 Å². The number of nitrogens with zero attached hydrogens (tertiary/aromatic N) is 6. The highest BCUT2D eigenvalue weighted by Crippen LogP contribution is 2.36. The number of aryl methyl sites for hydroxylation is 2. The zero-order chi connectivity index (χ0) is 16.4. The number of rotatable bonds is 5. The molecule has 0 bridgehead atoms. The van der Waals surface area contributed by atoms with Crippen LogP contribution in [0.25, 0.3) is 0 Å². The van der Waals surface area contributed by atoms with Gasteiger partial charge in [-0.15, -0.1) is 0 Å². The fraction of sp³-hybridized carbons (Fsp3) is 0.688. The molecule has 1 aliphatic heterocycles. The molecule has 0 N–H and O–H groups in total. The molecule has 1 saturated heterocycles. The Hall–Kier alpha value is -1.47. The van der Waals surface area contributed by atoms with E-state index in [-0.39, 0.29) is 0 Å². The molecule has 3 rings (SSSR count). The van der Waals surface area contributed by atoms with E-state index in [1.54, 1.807) is 0 Å². The summed E-state index contributed by atoms with van der Waals surface area (Å²) in [5, 5.41) is 5.41. The number of piperidine rings is 1. The van der Waals surface area contributed by atoms with Crippen molar-refractivity contribution < 1.29 is 0 Å². The number of aromatic nitrogens is 4. The van der Waals surface area contributed by atoms with E-state index in [0.29, 0.717) is 12.0 Å². The summed E-state index contributed by atoms with van der Waals surface area (Å²) in [6.45, 7) is 7.46. The zero-order valence-electron chi connectivity index (χ0n) is 14.4. The van der Waals surface area contributed by atoms with Crippen molar-refractivity contribution in [2.45, 2.75) is 32.7 Å². The molecule has 0 saturated carbocycles. The van der Waals surface area contributed by atoms with Gasteiger partial charge < -0.3 is 4.90 Å². The predicted molar refractivity (Wildman–Crippen MR) is 93.8 cm³/mol. The second kappa shape index (κ2) is 6.97. The molecule has 0 aromatic carbocycles. The highest BCUT2D eigenvalue weighted by atomic mass is 32.1. The third kappa shape index (κ3) is 3.55. The molecule has 3 heterocycles. The largest absolute Gasteiger partial charge is 0.350 e. The standard InChI is InChI=1S/C16H26N6S/c1-5-22-8-6-7-13(15(22)14-9-17-21(4)11-14)10-20(3)16-18-12(2)19-23-16/h9,11,13,15H,5-8,10H2,1-4H3/t13-,15+/m0/s1. The first-order valence-corrected chi connectivity index (χ1v) is 9.10. The summed E-state index contributed by atoms with van der Waals surface area (Å²) >= 11 is 1.49. The second-order valence-electron chi connectivity index (χ2n) is 6.43. The van der Waals surface area contributed by atoms with Crippen molar-refractivity contribution in [1.82, 2.24) is 24.0 Å². The zero-order valence-corrected chi connectivity index (χ0v) is 15.3. The van der Waals surface area contributed by atoms with Crippen LogP contribution in [0, 0.1) is 12.8 Å². The van der Waals surface area contributed by atoms with Crippen LogP contribution in [0.15, 0.2) is 12.4 Å². The first-order valence-electron chi connectivity index (χ1n) is 8.32. The van der Waals surface area contributed by atoms with Crippen LogP contribution >= 0.6 is 11.5 Å². The van der Waals surface area contributed by atoms with Crippen LogP contribution in [0.5, 0.6) is 0 Å². The van der Waals surface area contributed by atoms with Gasteiger partial charge in [0, 0.05) is 50.0 Å². The van der Waals surface area contributed by atoms with Gasteiger partial charge in [-0.1, -0.05) is 6.92 Å². The lowest BCUT2D eigenvalue weighted by atomic mass is 9.85. The quantitative estimate of drug-likeness (QED) is 0.841. The van der Waals surface area contributed by atoms with Crippen molar-refractivity contribution in [3.05, 3.63) is 23.8 Å². The maximum Gasteiger partial charge on any atom is 0.204 e. The molecule has 1 aliphatic rings. The Kier molecular flexibility index (Phi) is 4.96. The van der Waals surface area contributed by atoms with Crippen LogP contribution in [0.3, 0.4) is 0 Å². The molecule has 0 amide bonds. The Balaban J connectivity index is 1.80. The summed E-state index contributed by atoms with van der Waals surface area (Å²) in [6.07, 6.45) is 6.71. The lowest BCUT2D eigenvalue weighted by Crippen LogP contribution is -2.42. The lowest BCUT2D eigenvalue weighted by molar-refractivity contribution is 0.101. The topological polar surface area (TPSA) is 50.1 Å². The van der Waals surface area contributed by atoms with Crippen LogP contribution in [-0.2, 0) is 7.05 Å². The van der Waals surface area contributed by atoms with Gasteiger partial charge in [-0.3, -0.25) is 9.58 Å². The van der Waals surface area contributed by atoms with Gasteiger partial charge in [-0.05, 0) is 38.8 Å². The van der Waals surface area contributed by atoms with Crippen molar-refractivity contribution in [3.8, 4) is 0 Å². The highest BCUT2D eigenvalue weighted by Gasteiger charge is 2.33. The maximum atomic E-state index is 4.52. The SMILES string of the molecule is CCN1CCC[C@@H](CN(C)c2nc(C)ns2)[C@@H]1c1cnn(C)c1. The Morgan fingerprint density at radius 3 is 2.87 bits per heavy atom. The van der Waals surface area contributed by atoms with Crippen molar-refractivity contribution in [2.24, 2.45) is 13.0 Å². The Bertz CT molecular complexity index is 636. The molecule has 126 valence electrons. The van der Waals surface area contributed by atoms with Crippen LogP contribution < -0.4 is 4.90 Å². The summed E-state index contributed by atoms with van der Waals surface area (Å²) < 4.78 is 6.22. The van der Waals surface area contributed by atoms with E-state index in [0.717, 1.165) is 24.0 Å². The van der Waals surface area contributed by atoms with E-state index < -0.39 is 0 Å². The minimum Gasteiger partial charge on any atom is -0.350 e. The third-order valence-electron chi connectivity index (χ3n) is 4.68. The molecule has 0 spiro atoms. The van der Waals surface area contributed by atoms with Gasteiger partial charge in [-0.25, -0.2) is 4.98 Å². The minimum absolute atomic E-state index is 0.443. The first-order chi connectivity index (χ1) is 11.1. The second-order valence-corrected chi connectivity index (χ2v) is 7.16. The maximum absolute atomic E-state index is 4.52. The van der Waals surface area contributed by atoms with Gasteiger partial charge in [0.05, 0.1) is 6.20 Å². The summed E-state index contributed by atoms with van der Waals surface area (Å²) in [4.78, 5) is 9.37. The number of hydrogen-bond acceptors (Lipinski definition) is 6. The molecule has 1 fully saturated rings. The molecule has 6 nitrogen and oxygen atoms in total. The summed E-state index contributed by atoms with van der Waals surface area (Å²) in [6, 6.07) is 0.443. The fourth-order valence-corrected chi connectivity index (χ4v) is 4.29. The van der Waals surface area contributed by atoms with Gasteiger partial charge in [-0.2, -0.15) is 9.47 Å². The summed E-state index contributed by atoms with van der Waals surface area (Å²) in [5.41, 5.74) is 1.33. The summed E-state index contributed by atoms with van der Waals surface area (Å²) in [7, 11) is 4.12. The van der Waals surface area contributed by atoms with E-state index in [4.69, 9.17) is 0 Å².